The lowest BCUT2D eigenvalue weighted by Crippen LogP contribution is -2.27. The Hall–Kier alpha value is -3.22. The highest BCUT2D eigenvalue weighted by molar-refractivity contribution is 7.89. The zero-order valence-electron chi connectivity index (χ0n) is 19.3. The van der Waals surface area contributed by atoms with Gasteiger partial charge in [-0.3, -0.25) is 4.79 Å². The number of aryl methyl sites for hydroxylation is 2. The van der Waals surface area contributed by atoms with Gasteiger partial charge in [0.1, 0.15) is 5.82 Å². The fourth-order valence-electron chi connectivity index (χ4n) is 4.31. The summed E-state index contributed by atoms with van der Waals surface area (Å²) in [5.74, 6) is 0.646. The lowest BCUT2D eigenvalue weighted by molar-refractivity contribution is -0.116. The van der Waals surface area contributed by atoms with E-state index in [1.807, 2.05) is 18.2 Å². The van der Waals surface area contributed by atoms with Gasteiger partial charge in [-0.15, -0.1) is 0 Å². The summed E-state index contributed by atoms with van der Waals surface area (Å²) < 4.78 is 29.5. The molecule has 1 amide bonds. The molecule has 0 atom stereocenters. The summed E-state index contributed by atoms with van der Waals surface area (Å²) in [5, 5.41) is 11.7. The fraction of sp³-hybridized carbons (Fsp3) is 0.400. The van der Waals surface area contributed by atoms with Crippen molar-refractivity contribution in [3.05, 3.63) is 53.9 Å². The molecule has 0 aliphatic carbocycles. The number of carbonyl (C=O) groups is 1. The zero-order chi connectivity index (χ0) is 24.1. The second-order valence-electron chi connectivity index (χ2n) is 8.52. The normalized spacial score (nSPS) is 14.4. The van der Waals surface area contributed by atoms with Gasteiger partial charge in [-0.25, -0.2) is 13.4 Å². The number of carbonyl (C=O) groups excluding carboxylic acids is 1. The number of hydrogen-bond donors (Lipinski definition) is 1. The smallest absolute Gasteiger partial charge is 0.243 e. The van der Waals surface area contributed by atoms with Gasteiger partial charge in [0.15, 0.2) is 0 Å². The maximum Gasteiger partial charge on any atom is 0.243 e. The van der Waals surface area contributed by atoms with Crippen molar-refractivity contribution in [2.45, 2.75) is 56.9 Å². The highest BCUT2D eigenvalue weighted by Crippen LogP contribution is 2.26. The number of fused-ring (bicyclic) bond motifs is 1. The Morgan fingerprint density at radius 3 is 2.56 bits per heavy atom. The summed E-state index contributed by atoms with van der Waals surface area (Å²) in [6.07, 6.45) is 3.72. The molecule has 0 saturated carbocycles. The van der Waals surface area contributed by atoms with Gasteiger partial charge in [-0.1, -0.05) is 19.1 Å². The van der Waals surface area contributed by atoms with E-state index in [1.54, 1.807) is 24.3 Å². The van der Waals surface area contributed by atoms with Crippen LogP contribution in [0.15, 0.2) is 47.4 Å². The predicted octanol–water partition coefficient (Wildman–Crippen LogP) is 3.87. The fourth-order valence-corrected chi connectivity index (χ4v) is 5.85. The molecule has 34 heavy (non-hydrogen) atoms. The number of nitriles is 1. The molecule has 2 heterocycles. The largest absolute Gasteiger partial charge is 0.328 e. The second-order valence-corrected chi connectivity index (χ2v) is 10.5. The van der Waals surface area contributed by atoms with Crippen LogP contribution in [0.1, 0.15) is 44.0 Å². The number of aromatic nitrogens is 2. The van der Waals surface area contributed by atoms with Crippen LogP contribution >= 0.6 is 0 Å². The van der Waals surface area contributed by atoms with Gasteiger partial charge in [0.2, 0.25) is 15.9 Å². The third-order valence-electron chi connectivity index (χ3n) is 6.05. The Morgan fingerprint density at radius 1 is 1.15 bits per heavy atom. The van der Waals surface area contributed by atoms with Crippen LogP contribution in [-0.4, -0.2) is 41.3 Å². The molecule has 4 rings (SSSR count). The summed E-state index contributed by atoms with van der Waals surface area (Å²) >= 11 is 0. The maximum absolute atomic E-state index is 13.0. The van der Waals surface area contributed by atoms with E-state index in [0.29, 0.717) is 37.1 Å². The summed E-state index contributed by atoms with van der Waals surface area (Å²) in [4.78, 5) is 17.5. The van der Waals surface area contributed by atoms with Crippen LogP contribution in [0.3, 0.4) is 0 Å². The van der Waals surface area contributed by atoms with Crippen molar-refractivity contribution in [1.82, 2.24) is 13.9 Å². The van der Waals surface area contributed by atoms with Crippen molar-refractivity contribution < 1.29 is 13.2 Å². The predicted molar refractivity (Wildman–Crippen MR) is 131 cm³/mol. The molecule has 0 spiro atoms. The molecule has 2 aromatic carbocycles. The first-order chi connectivity index (χ1) is 16.4. The first-order valence-electron chi connectivity index (χ1n) is 11.7. The Morgan fingerprint density at radius 2 is 1.88 bits per heavy atom. The van der Waals surface area contributed by atoms with Gasteiger partial charge in [0, 0.05) is 38.2 Å². The molecule has 0 unspecified atom stereocenters. The molecule has 1 aromatic heterocycles. The molecule has 1 aliphatic rings. The number of hydrogen-bond acceptors (Lipinski definition) is 5. The molecule has 1 saturated heterocycles. The van der Waals surface area contributed by atoms with Crippen molar-refractivity contribution in [3.8, 4) is 6.07 Å². The summed E-state index contributed by atoms with van der Waals surface area (Å²) in [6.45, 7) is 3.94. The zero-order valence-corrected chi connectivity index (χ0v) is 20.1. The SMILES string of the molecule is CCCn1c(CCC(=O)Nc2ccc(CC#N)cc2)nc2cc(S(=O)(=O)N3CCCC3)ccc21. The minimum atomic E-state index is -3.51. The van der Waals surface area contributed by atoms with Gasteiger partial charge < -0.3 is 9.88 Å². The number of benzene rings is 2. The van der Waals surface area contributed by atoms with E-state index < -0.39 is 10.0 Å². The first-order valence-corrected chi connectivity index (χ1v) is 13.1. The first kappa shape index (κ1) is 23.9. The number of nitrogens with one attached hydrogen (secondary N) is 1. The summed E-state index contributed by atoms with van der Waals surface area (Å²) in [5.41, 5.74) is 3.10. The molecule has 0 bridgehead atoms. The van der Waals surface area contributed by atoms with E-state index in [4.69, 9.17) is 10.2 Å². The average Bonchev–Trinajstić information content (AvgIpc) is 3.48. The Kier molecular flexibility index (Phi) is 7.29. The third-order valence-corrected chi connectivity index (χ3v) is 7.94. The Balaban J connectivity index is 1.50. The number of rotatable bonds is 9. The molecule has 178 valence electrons. The van der Waals surface area contributed by atoms with Crippen molar-refractivity contribution in [2.24, 2.45) is 0 Å². The van der Waals surface area contributed by atoms with Gasteiger partial charge in [0.05, 0.1) is 28.4 Å². The van der Waals surface area contributed by atoms with Crippen molar-refractivity contribution in [2.75, 3.05) is 18.4 Å². The van der Waals surface area contributed by atoms with Gasteiger partial charge in [-0.2, -0.15) is 9.57 Å². The molecule has 0 radical (unpaired) electrons. The number of amides is 1. The number of imidazole rings is 1. The Bertz CT molecular complexity index is 1320. The van der Waals surface area contributed by atoms with Crippen molar-refractivity contribution in [1.29, 1.82) is 5.26 Å². The molecule has 1 aliphatic heterocycles. The second kappa shape index (κ2) is 10.4. The van der Waals surface area contributed by atoms with Crippen LogP contribution in [0.25, 0.3) is 11.0 Å². The van der Waals surface area contributed by atoms with Crippen LogP contribution < -0.4 is 5.32 Å². The summed E-state index contributed by atoms with van der Waals surface area (Å²) in [6, 6.07) is 14.5. The lowest BCUT2D eigenvalue weighted by Gasteiger charge is -2.15. The lowest BCUT2D eigenvalue weighted by atomic mass is 10.1. The Labute approximate surface area is 200 Å². The molecular formula is C25H29N5O3S. The van der Waals surface area contributed by atoms with Gasteiger partial charge in [0.25, 0.3) is 0 Å². The number of nitrogens with zero attached hydrogens (tertiary/aromatic N) is 4. The van der Waals surface area contributed by atoms with E-state index in [1.165, 1.54) is 4.31 Å². The monoisotopic (exact) mass is 479 g/mol. The van der Waals surface area contributed by atoms with Crippen LogP contribution in [0.2, 0.25) is 0 Å². The van der Waals surface area contributed by atoms with Crippen molar-refractivity contribution in [3.63, 3.8) is 0 Å². The molecule has 3 aromatic rings. The van der Waals surface area contributed by atoms with Crippen LogP contribution in [0.5, 0.6) is 0 Å². The highest BCUT2D eigenvalue weighted by atomic mass is 32.2. The van der Waals surface area contributed by atoms with E-state index in [-0.39, 0.29) is 17.2 Å². The average molecular weight is 480 g/mol. The quantitative estimate of drug-likeness (QED) is 0.501. The number of sulfonamides is 1. The molecule has 9 heteroatoms. The highest BCUT2D eigenvalue weighted by Gasteiger charge is 2.27. The third kappa shape index (κ3) is 5.13. The summed E-state index contributed by atoms with van der Waals surface area (Å²) in [7, 11) is -3.51. The maximum atomic E-state index is 13.0. The van der Waals surface area contributed by atoms with E-state index in [0.717, 1.165) is 42.7 Å². The van der Waals surface area contributed by atoms with Crippen molar-refractivity contribution >= 4 is 32.7 Å². The van der Waals surface area contributed by atoms with Crippen LogP contribution in [-0.2, 0) is 34.2 Å². The molecule has 8 nitrogen and oxygen atoms in total. The van der Waals surface area contributed by atoms with E-state index >= 15 is 0 Å². The number of anilines is 1. The van der Waals surface area contributed by atoms with Crippen LogP contribution in [0.4, 0.5) is 5.69 Å². The molecule has 1 N–H and O–H groups in total. The minimum absolute atomic E-state index is 0.125. The topological polar surface area (TPSA) is 108 Å². The molecular weight excluding hydrogens is 450 g/mol. The molecule has 1 fully saturated rings. The van der Waals surface area contributed by atoms with Crippen LogP contribution in [0, 0.1) is 11.3 Å². The van der Waals surface area contributed by atoms with Gasteiger partial charge in [-0.05, 0) is 55.2 Å². The standard InChI is InChI=1S/C25H29N5O3S/c1-2-15-30-23-10-9-21(34(32,33)29-16-3-4-17-29)18-22(23)28-24(30)11-12-25(31)27-20-7-5-19(6-8-20)13-14-26/h5-10,18H,2-4,11-13,15-17H2,1H3,(H,27,31). The van der Waals surface area contributed by atoms with Gasteiger partial charge >= 0.3 is 0 Å². The minimum Gasteiger partial charge on any atom is -0.328 e. The van der Waals surface area contributed by atoms with E-state index in [9.17, 15) is 13.2 Å². The van der Waals surface area contributed by atoms with E-state index in [2.05, 4.69) is 22.9 Å².